The van der Waals surface area contributed by atoms with E-state index in [0.717, 1.165) is 18.7 Å². The van der Waals surface area contributed by atoms with E-state index in [1.807, 2.05) is 36.4 Å². The predicted octanol–water partition coefficient (Wildman–Crippen LogP) is 4.39. The number of hydrogen-bond donors (Lipinski definition) is 2. The molecule has 7 nitrogen and oxygen atoms in total. The highest BCUT2D eigenvalue weighted by molar-refractivity contribution is 7.85. The molecule has 3 aromatic carbocycles. The quantitative estimate of drug-likeness (QED) is 0.494. The molecule has 1 fully saturated rings. The number of nitrogens with one attached hydrogen (secondary N) is 1. The molecule has 0 unspecified atom stereocenters. The lowest BCUT2D eigenvalue weighted by molar-refractivity contribution is -0.0438. The molecule has 0 saturated carbocycles. The topological polar surface area (TPSA) is 94.1 Å². The highest BCUT2D eigenvalue weighted by Gasteiger charge is 2.28. The third-order valence-electron chi connectivity index (χ3n) is 4.84. The number of hydrogen-bond acceptors (Lipinski definition) is 6. The Kier molecular flexibility index (Phi) is 9.11. The smallest absolute Gasteiger partial charge is 0.294 e. The molecule has 0 bridgehead atoms. The van der Waals surface area contributed by atoms with Crippen LogP contribution in [0.25, 0.3) is 0 Å². The summed E-state index contributed by atoms with van der Waals surface area (Å²) in [6.45, 7) is 2.28. The highest BCUT2D eigenvalue weighted by atomic mass is 35.5. The summed E-state index contributed by atoms with van der Waals surface area (Å²) in [5, 5.41) is 3.96. The molecule has 0 radical (unpaired) electrons. The Morgan fingerprint density at radius 3 is 2.24 bits per heavy atom. The molecule has 1 aliphatic heterocycles. The molecule has 0 spiro atoms. The number of benzene rings is 3. The summed E-state index contributed by atoms with van der Waals surface area (Å²) in [4.78, 5) is -0.0741. The van der Waals surface area contributed by atoms with E-state index in [9.17, 15) is 8.42 Å². The second-order valence-corrected chi connectivity index (χ2v) is 9.00. The van der Waals surface area contributed by atoms with Gasteiger partial charge < -0.3 is 19.5 Å². The fraction of sp³-hybridized carbons (Fsp3) is 0.250. The van der Waals surface area contributed by atoms with Gasteiger partial charge in [0.25, 0.3) is 10.1 Å². The van der Waals surface area contributed by atoms with Crippen LogP contribution >= 0.6 is 11.6 Å². The van der Waals surface area contributed by atoms with Crippen molar-refractivity contribution in [2.45, 2.75) is 17.1 Å². The lowest BCUT2D eigenvalue weighted by Gasteiger charge is -2.32. The molecule has 2 N–H and O–H groups in total. The fourth-order valence-electron chi connectivity index (χ4n) is 3.25. The van der Waals surface area contributed by atoms with E-state index in [1.165, 1.54) is 12.1 Å². The van der Waals surface area contributed by atoms with Crippen LogP contribution in [0.2, 0.25) is 5.02 Å². The molecule has 1 heterocycles. The van der Waals surface area contributed by atoms with Crippen molar-refractivity contribution >= 4 is 21.7 Å². The fourth-order valence-corrected chi connectivity index (χ4v) is 3.91. The van der Waals surface area contributed by atoms with Gasteiger partial charge in [-0.25, -0.2) is 0 Å². The maximum atomic E-state index is 10.4. The maximum absolute atomic E-state index is 10.4. The third-order valence-corrected chi connectivity index (χ3v) is 5.95. The molecule has 1 saturated heterocycles. The third kappa shape index (κ3) is 7.45. The number of methoxy groups -OCH3 is 1. The van der Waals surface area contributed by atoms with Crippen LogP contribution in [0, 0.1) is 0 Å². The van der Waals surface area contributed by atoms with Crippen molar-refractivity contribution in [3.63, 3.8) is 0 Å². The molecule has 176 valence electrons. The minimum atomic E-state index is -4.00. The first-order chi connectivity index (χ1) is 15.9. The number of ether oxygens (including phenoxy) is 3. The molecule has 4 rings (SSSR count). The summed E-state index contributed by atoms with van der Waals surface area (Å²) in [5.74, 6) is 1.27. The van der Waals surface area contributed by atoms with Crippen LogP contribution < -0.4 is 14.8 Å². The summed E-state index contributed by atoms with van der Waals surface area (Å²) in [5.41, 5.74) is 1.07. The Bertz CT molecular complexity index is 1110. The van der Waals surface area contributed by atoms with Crippen LogP contribution in [0.5, 0.6) is 11.5 Å². The van der Waals surface area contributed by atoms with Gasteiger partial charge in [0.05, 0.1) is 18.6 Å². The molecule has 0 aromatic heterocycles. The maximum Gasteiger partial charge on any atom is 0.294 e. The van der Waals surface area contributed by atoms with E-state index in [-0.39, 0.29) is 17.1 Å². The summed E-state index contributed by atoms with van der Waals surface area (Å²) in [6.07, 6.45) is -0.286. The minimum Gasteiger partial charge on any atom is -0.493 e. The largest absolute Gasteiger partial charge is 0.493 e. The Labute approximate surface area is 199 Å². The minimum absolute atomic E-state index is 0.0634. The summed E-state index contributed by atoms with van der Waals surface area (Å²) in [6, 6.07) is 22.9. The highest BCUT2D eigenvalue weighted by Crippen LogP contribution is 2.35. The first kappa shape index (κ1) is 25.0. The van der Waals surface area contributed by atoms with Crippen LogP contribution in [0.3, 0.4) is 0 Å². The molecule has 9 heteroatoms. The van der Waals surface area contributed by atoms with Gasteiger partial charge >= 0.3 is 0 Å². The average molecular weight is 492 g/mol. The van der Waals surface area contributed by atoms with Crippen molar-refractivity contribution in [3.8, 4) is 11.5 Å². The standard InChI is InChI=1S/C18H20ClNO3.C6H6O3S/c1-21-16-11-14(19)7-8-15(16)23-18(13-5-3-2-4-6-13)17-12-20-9-10-22-17;7-10(8,9)6-4-2-1-3-5-6/h2-8,11,17-18,20H,9-10,12H2,1H3;1-5H,(H,7,8,9)/t17-,18-;/m0./s1. The van der Waals surface area contributed by atoms with Crippen molar-refractivity contribution < 1.29 is 27.2 Å². The SMILES string of the molecule is COc1cc(Cl)ccc1O[C@@H](c1ccccc1)[C@@H]1CNCCO1.O=S(=O)(O)c1ccccc1. The monoisotopic (exact) mass is 491 g/mol. The van der Waals surface area contributed by atoms with Gasteiger partial charge in [0.1, 0.15) is 6.10 Å². The molecule has 2 atom stereocenters. The molecule has 3 aromatic rings. The Hall–Kier alpha value is -2.62. The zero-order valence-electron chi connectivity index (χ0n) is 18.1. The Morgan fingerprint density at radius 2 is 1.70 bits per heavy atom. The molecule has 0 amide bonds. The zero-order valence-corrected chi connectivity index (χ0v) is 19.6. The molecule has 0 aliphatic carbocycles. The van der Waals surface area contributed by atoms with Gasteiger partial charge in [-0.1, -0.05) is 60.1 Å². The van der Waals surface area contributed by atoms with Gasteiger partial charge in [0.2, 0.25) is 0 Å². The molecule has 1 aliphatic rings. The second-order valence-electron chi connectivity index (χ2n) is 7.15. The van der Waals surface area contributed by atoms with E-state index in [2.05, 4.69) is 5.32 Å². The van der Waals surface area contributed by atoms with Crippen molar-refractivity contribution in [1.29, 1.82) is 0 Å². The van der Waals surface area contributed by atoms with E-state index >= 15 is 0 Å². The van der Waals surface area contributed by atoms with Crippen LogP contribution in [-0.2, 0) is 14.9 Å². The van der Waals surface area contributed by atoms with Crippen molar-refractivity contribution in [3.05, 3.63) is 89.4 Å². The Balaban J connectivity index is 0.000000257. The second kappa shape index (κ2) is 12.0. The molecule has 33 heavy (non-hydrogen) atoms. The van der Waals surface area contributed by atoms with Crippen molar-refractivity contribution in [2.24, 2.45) is 0 Å². The summed E-state index contributed by atoms with van der Waals surface area (Å²) in [7, 11) is -2.40. The number of rotatable bonds is 6. The zero-order chi connectivity index (χ0) is 23.7. The molecular formula is C24H26ClNO6S. The van der Waals surface area contributed by atoms with Crippen molar-refractivity contribution in [1.82, 2.24) is 5.32 Å². The summed E-state index contributed by atoms with van der Waals surface area (Å²) >= 11 is 6.03. The van der Waals surface area contributed by atoms with Crippen LogP contribution in [0.1, 0.15) is 11.7 Å². The van der Waals surface area contributed by atoms with Gasteiger partial charge in [-0.2, -0.15) is 8.42 Å². The van der Waals surface area contributed by atoms with E-state index in [4.69, 9.17) is 30.4 Å². The van der Waals surface area contributed by atoms with Crippen LogP contribution in [0.15, 0.2) is 83.8 Å². The normalized spacial score (nSPS) is 16.8. The van der Waals surface area contributed by atoms with Gasteiger partial charge in [-0.3, -0.25) is 4.55 Å². The van der Waals surface area contributed by atoms with E-state index < -0.39 is 10.1 Å². The lowest BCUT2D eigenvalue weighted by Crippen LogP contribution is -2.43. The first-order valence-corrected chi connectivity index (χ1v) is 12.1. The predicted molar refractivity (Wildman–Crippen MR) is 127 cm³/mol. The molecular weight excluding hydrogens is 466 g/mol. The van der Waals surface area contributed by atoms with Crippen molar-refractivity contribution in [2.75, 3.05) is 26.8 Å². The Morgan fingerprint density at radius 1 is 1.03 bits per heavy atom. The number of halogens is 1. The number of morpholine rings is 1. The van der Waals surface area contributed by atoms with E-state index in [1.54, 1.807) is 37.4 Å². The van der Waals surface area contributed by atoms with Crippen LogP contribution in [0.4, 0.5) is 0 Å². The van der Waals surface area contributed by atoms with Crippen LogP contribution in [-0.4, -0.2) is 45.9 Å². The van der Waals surface area contributed by atoms with Gasteiger partial charge in [0, 0.05) is 24.2 Å². The average Bonchev–Trinajstić information content (AvgIpc) is 2.84. The van der Waals surface area contributed by atoms with Gasteiger partial charge in [-0.15, -0.1) is 0 Å². The van der Waals surface area contributed by atoms with E-state index in [0.29, 0.717) is 23.1 Å². The van der Waals surface area contributed by atoms with Gasteiger partial charge in [0.15, 0.2) is 17.6 Å². The lowest BCUT2D eigenvalue weighted by atomic mass is 10.0. The first-order valence-electron chi connectivity index (χ1n) is 10.3. The summed E-state index contributed by atoms with van der Waals surface area (Å²) < 4.78 is 46.8. The van der Waals surface area contributed by atoms with Gasteiger partial charge in [-0.05, 0) is 29.8 Å².